The molecule has 0 saturated carbocycles. The van der Waals surface area contributed by atoms with Gasteiger partial charge < -0.3 is 10.8 Å². The summed E-state index contributed by atoms with van der Waals surface area (Å²) in [5, 5.41) is 13.2. The van der Waals surface area contributed by atoms with Gasteiger partial charge >= 0.3 is 5.97 Å². The van der Waals surface area contributed by atoms with Crippen molar-refractivity contribution >= 4 is 11.9 Å². The molecule has 1 aromatic heterocycles. The van der Waals surface area contributed by atoms with E-state index in [0.29, 0.717) is 18.7 Å². The van der Waals surface area contributed by atoms with Gasteiger partial charge in [0.1, 0.15) is 11.6 Å². The van der Waals surface area contributed by atoms with Gasteiger partial charge in [0.15, 0.2) is 6.04 Å². The Morgan fingerprint density at radius 3 is 2.70 bits per heavy atom. The highest BCUT2D eigenvalue weighted by atomic mass is 19.1. The van der Waals surface area contributed by atoms with Crippen molar-refractivity contribution in [1.82, 2.24) is 14.8 Å². The van der Waals surface area contributed by atoms with Gasteiger partial charge in [-0.2, -0.15) is 4.98 Å². The Hall–Kier alpha value is -2.44. The van der Waals surface area contributed by atoms with Gasteiger partial charge in [0.25, 0.3) is 0 Å². The Morgan fingerprint density at radius 2 is 2.05 bits per heavy atom. The number of carbonyl (C=O) groups is 1. The topological polar surface area (TPSA) is 94.0 Å². The minimum atomic E-state index is -0.950. The lowest BCUT2D eigenvalue weighted by Gasteiger charge is -2.26. The predicted octanol–water partition coefficient (Wildman–Crippen LogP) is 1.55. The SMILES string of the molecule is Nc1nc2n(n1)C(C(=O)O)CCC2c1ccc(F)cc1. The van der Waals surface area contributed by atoms with Crippen LogP contribution in [0.2, 0.25) is 0 Å². The van der Waals surface area contributed by atoms with Crippen molar-refractivity contribution < 1.29 is 14.3 Å². The molecule has 2 aromatic rings. The molecule has 2 atom stereocenters. The number of benzene rings is 1. The number of halogens is 1. The van der Waals surface area contributed by atoms with E-state index in [1.54, 1.807) is 12.1 Å². The molecule has 1 aromatic carbocycles. The summed E-state index contributed by atoms with van der Waals surface area (Å²) in [5.41, 5.74) is 6.47. The number of nitrogens with two attached hydrogens (primary N) is 1. The van der Waals surface area contributed by atoms with Crippen LogP contribution in [-0.4, -0.2) is 25.8 Å². The third kappa shape index (κ3) is 2.01. The number of hydrogen-bond acceptors (Lipinski definition) is 4. The number of nitrogens with zero attached hydrogens (tertiary/aromatic N) is 3. The Labute approximate surface area is 114 Å². The molecule has 1 aliphatic rings. The maximum Gasteiger partial charge on any atom is 0.328 e. The molecule has 20 heavy (non-hydrogen) atoms. The third-order valence-electron chi connectivity index (χ3n) is 3.57. The first-order valence-electron chi connectivity index (χ1n) is 6.26. The summed E-state index contributed by atoms with van der Waals surface area (Å²) in [7, 11) is 0. The maximum absolute atomic E-state index is 13.0. The van der Waals surface area contributed by atoms with Crippen molar-refractivity contribution in [2.45, 2.75) is 24.8 Å². The lowest BCUT2D eigenvalue weighted by atomic mass is 9.88. The maximum atomic E-state index is 13.0. The predicted molar refractivity (Wildman–Crippen MR) is 68.6 cm³/mol. The van der Waals surface area contributed by atoms with E-state index in [0.717, 1.165) is 5.56 Å². The molecule has 0 amide bonds. The Balaban J connectivity index is 2.04. The van der Waals surface area contributed by atoms with Gasteiger partial charge in [0, 0.05) is 5.92 Å². The number of hydrogen-bond donors (Lipinski definition) is 2. The van der Waals surface area contributed by atoms with E-state index in [2.05, 4.69) is 10.1 Å². The van der Waals surface area contributed by atoms with Crippen molar-refractivity contribution in [3.8, 4) is 0 Å². The zero-order valence-electron chi connectivity index (χ0n) is 10.5. The molecule has 0 spiro atoms. The van der Waals surface area contributed by atoms with E-state index < -0.39 is 12.0 Å². The first-order chi connectivity index (χ1) is 9.56. The molecule has 2 unspecified atom stereocenters. The zero-order chi connectivity index (χ0) is 14.3. The largest absolute Gasteiger partial charge is 0.480 e. The number of aromatic nitrogens is 3. The van der Waals surface area contributed by atoms with Crippen LogP contribution in [0.3, 0.4) is 0 Å². The normalized spacial score (nSPS) is 21.4. The van der Waals surface area contributed by atoms with E-state index in [1.807, 2.05) is 0 Å². The number of carboxylic acid groups (broad SMARTS) is 1. The number of aliphatic carboxylic acids is 1. The molecule has 0 bridgehead atoms. The monoisotopic (exact) mass is 276 g/mol. The van der Waals surface area contributed by atoms with Crippen LogP contribution in [0.1, 0.15) is 36.2 Å². The molecule has 7 heteroatoms. The minimum absolute atomic E-state index is 0.0558. The average Bonchev–Trinajstić information content (AvgIpc) is 2.79. The number of carboxylic acids is 1. The average molecular weight is 276 g/mol. The highest BCUT2D eigenvalue weighted by Gasteiger charge is 2.34. The zero-order valence-corrected chi connectivity index (χ0v) is 10.5. The fraction of sp³-hybridized carbons (Fsp3) is 0.308. The smallest absolute Gasteiger partial charge is 0.328 e. The van der Waals surface area contributed by atoms with Gasteiger partial charge in [-0.25, -0.2) is 13.9 Å². The standard InChI is InChI=1S/C13H13FN4O2/c14-8-3-1-7(2-4-8)9-5-6-10(12(19)20)18-11(9)16-13(15)17-18/h1-4,9-10H,5-6H2,(H2,15,17)(H,19,20). The molecule has 2 heterocycles. The summed E-state index contributed by atoms with van der Waals surface area (Å²) in [5.74, 6) is -0.799. The molecule has 0 aliphatic carbocycles. The molecule has 0 radical (unpaired) electrons. The second kappa shape index (κ2) is 4.59. The first-order valence-corrected chi connectivity index (χ1v) is 6.26. The highest BCUT2D eigenvalue weighted by Crippen LogP contribution is 2.37. The lowest BCUT2D eigenvalue weighted by Crippen LogP contribution is -2.28. The Kier molecular flexibility index (Phi) is 2.89. The van der Waals surface area contributed by atoms with Crippen LogP contribution in [0.5, 0.6) is 0 Å². The summed E-state index contributed by atoms with van der Waals surface area (Å²) in [4.78, 5) is 15.4. The van der Waals surface area contributed by atoms with E-state index in [-0.39, 0.29) is 17.7 Å². The number of rotatable bonds is 2. The van der Waals surface area contributed by atoms with Crippen molar-refractivity contribution in [2.75, 3.05) is 5.73 Å². The van der Waals surface area contributed by atoms with Crippen molar-refractivity contribution in [3.63, 3.8) is 0 Å². The van der Waals surface area contributed by atoms with Crippen LogP contribution in [0, 0.1) is 5.82 Å². The van der Waals surface area contributed by atoms with Crippen molar-refractivity contribution in [3.05, 3.63) is 41.5 Å². The second-order valence-electron chi connectivity index (χ2n) is 4.81. The lowest BCUT2D eigenvalue weighted by molar-refractivity contribution is -0.141. The van der Waals surface area contributed by atoms with Gasteiger partial charge in [-0.1, -0.05) is 12.1 Å². The molecule has 3 rings (SSSR count). The quantitative estimate of drug-likeness (QED) is 0.867. The first kappa shape index (κ1) is 12.6. The third-order valence-corrected chi connectivity index (χ3v) is 3.57. The van der Waals surface area contributed by atoms with Gasteiger partial charge in [-0.15, -0.1) is 5.10 Å². The molecule has 0 fully saturated rings. The minimum Gasteiger partial charge on any atom is -0.480 e. The van der Waals surface area contributed by atoms with Crippen LogP contribution < -0.4 is 5.73 Å². The van der Waals surface area contributed by atoms with Gasteiger partial charge in [-0.05, 0) is 30.5 Å². The van der Waals surface area contributed by atoms with Crippen LogP contribution in [0.15, 0.2) is 24.3 Å². The number of anilines is 1. The Morgan fingerprint density at radius 1 is 1.35 bits per heavy atom. The van der Waals surface area contributed by atoms with E-state index >= 15 is 0 Å². The molecule has 1 aliphatic heterocycles. The van der Waals surface area contributed by atoms with Crippen LogP contribution in [0.25, 0.3) is 0 Å². The Bertz CT molecular complexity index is 653. The van der Waals surface area contributed by atoms with Gasteiger partial charge in [-0.3, -0.25) is 0 Å². The molecule has 3 N–H and O–H groups in total. The van der Waals surface area contributed by atoms with Gasteiger partial charge in [0.2, 0.25) is 5.95 Å². The summed E-state index contributed by atoms with van der Waals surface area (Å²) in [6, 6.07) is 5.37. The fourth-order valence-electron chi connectivity index (χ4n) is 2.63. The fourth-order valence-corrected chi connectivity index (χ4v) is 2.63. The summed E-state index contributed by atoms with van der Waals surface area (Å²) in [6.07, 6.45) is 1.05. The summed E-state index contributed by atoms with van der Waals surface area (Å²) < 4.78 is 14.4. The second-order valence-corrected chi connectivity index (χ2v) is 4.81. The molecular weight excluding hydrogens is 263 g/mol. The van der Waals surface area contributed by atoms with E-state index in [1.165, 1.54) is 16.8 Å². The van der Waals surface area contributed by atoms with E-state index in [4.69, 9.17) is 5.73 Å². The molecule has 6 nitrogen and oxygen atoms in total. The molecule has 0 saturated heterocycles. The van der Waals surface area contributed by atoms with Crippen molar-refractivity contribution in [1.29, 1.82) is 0 Å². The molecular formula is C13H13FN4O2. The van der Waals surface area contributed by atoms with Crippen molar-refractivity contribution in [2.24, 2.45) is 0 Å². The number of fused-ring (bicyclic) bond motifs is 1. The van der Waals surface area contributed by atoms with Gasteiger partial charge in [0.05, 0.1) is 0 Å². The number of nitrogen functional groups attached to an aromatic ring is 1. The summed E-state index contributed by atoms with van der Waals surface area (Å²) in [6.45, 7) is 0. The highest BCUT2D eigenvalue weighted by molar-refractivity contribution is 5.72. The van der Waals surface area contributed by atoms with Crippen LogP contribution >= 0.6 is 0 Å². The van der Waals surface area contributed by atoms with E-state index in [9.17, 15) is 14.3 Å². The van der Waals surface area contributed by atoms with Crippen LogP contribution in [0.4, 0.5) is 10.3 Å². The van der Waals surface area contributed by atoms with Crippen LogP contribution in [-0.2, 0) is 4.79 Å². The summed E-state index contributed by atoms with van der Waals surface area (Å²) >= 11 is 0. The molecule has 104 valence electrons.